The fourth-order valence-electron chi connectivity index (χ4n) is 4.13. The largest absolute Gasteiger partial charge is 0.505 e. The minimum atomic E-state index is -0.398. The van der Waals surface area contributed by atoms with E-state index in [0.717, 1.165) is 54.1 Å². The Morgan fingerprint density at radius 2 is 1.92 bits per heavy atom. The third-order valence-corrected chi connectivity index (χ3v) is 5.59. The van der Waals surface area contributed by atoms with E-state index in [2.05, 4.69) is 56.9 Å². The van der Waals surface area contributed by atoms with Crippen molar-refractivity contribution in [1.82, 2.24) is 0 Å². The first-order valence-corrected chi connectivity index (χ1v) is 9.86. The Balaban J connectivity index is 1.90. The van der Waals surface area contributed by atoms with E-state index in [-0.39, 0.29) is 0 Å². The molecule has 3 nitrogen and oxygen atoms in total. The lowest BCUT2D eigenvalue weighted by Crippen LogP contribution is -2.29. The van der Waals surface area contributed by atoms with Gasteiger partial charge < -0.3 is 14.7 Å². The Kier molecular flexibility index (Phi) is 4.13. The maximum Gasteiger partial charge on any atom is 0.150 e. The molecule has 1 N–H and O–H groups in total. The highest BCUT2D eigenvalue weighted by Crippen LogP contribution is 2.54. The molecule has 1 fully saturated rings. The van der Waals surface area contributed by atoms with Crippen LogP contribution in [0.15, 0.2) is 24.3 Å². The number of benzene rings is 2. The van der Waals surface area contributed by atoms with Crippen molar-refractivity contribution in [3.63, 3.8) is 0 Å². The summed E-state index contributed by atoms with van der Waals surface area (Å²) in [6.07, 6.45) is 4.55. The van der Waals surface area contributed by atoms with Crippen LogP contribution in [0.5, 0.6) is 11.5 Å². The first kappa shape index (κ1) is 17.3. The molecule has 0 spiro atoms. The van der Waals surface area contributed by atoms with Gasteiger partial charge in [-0.05, 0) is 50.8 Å². The molecule has 0 amide bonds. The Morgan fingerprint density at radius 1 is 1.15 bits per heavy atom. The van der Waals surface area contributed by atoms with Gasteiger partial charge in [-0.2, -0.15) is 0 Å². The number of anilines is 1. The van der Waals surface area contributed by atoms with Crippen LogP contribution in [0, 0.1) is 6.92 Å². The molecule has 26 heavy (non-hydrogen) atoms. The lowest BCUT2D eigenvalue weighted by atomic mass is 9.84. The van der Waals surface area contributed by atoms with E-state index in [1.54, 1.807) is 0 Å². The highest BCUT2D eigenvalue weighted by Gasteiger charge is 2.37. The van der Waals surface area contributed by atoms with Crippen molar-refractivity contribution in [2.24, 2.45) is 0 Å². The molecule has 0 atom stereocenters. The van der Waals surface area contributed by atoms with Gasteiger partial charge in [-0.15, -0.1) is 0 Å². The topological polar surface area (TPSA) is 32.5 Å². The fourth-order valence-corrected chi connectivity index (χ4v) is 4.13. The highest BCUT2D eigenvalue weighted by atomic mass is 16.5. The molecular formula is C23H29NO2. The van der Waals surface area contributed by atoms with Crippen molar-refractivity contribution in [3.05, 3.63) is 41.0 Å². The molecule has 2 aromatic rings. The van der Waals surface area contributed by atoms with E-state index in [1.807, 2.05) is 0 Å². The van der Waals surface area contributed by atoms with Gasteiger partial charge in [-0.1, -0.05) is 43.5 Å². The molecule has 0 aliphatic carbocycles. The highest BCUT2D eigenvalue weighted by molar-refractivity contribution is 5.89. The zero-order valence-electron chi connectivity index (χ0n) is 16.4. The van der Waals surface area contributed by atoms with Gasteiger partial charge in [0.15, 0.2) is 5.75 Å². The van der Waals surface area contributed by atoms with Gasteiger partial charge >= 0.3 is 0 Å². The zero-order valence-corrected chi connectivity index (χ0v) is 16.4. The molecule has 0 saturated carbocycles. The van der Waals surface area contributed by atoms with Gasteiger partial charge in [0.1, 0.15) is 11.4 Å². The third kappa shape index (κ3) is 2.84. The van der Waals surface area contributed by atoms with Gasteiger partial charge in [0.05, 0.1) is 11.3 Å². The standard InChI is InChI=1S/C23H29NO2/c1-5-6-7-8-16-14-19-20(22(25)21(16)24-11-12-24)17-13-15(2)9-10-18(17)23(3,4)26-19/h9-10,13-14,25H,5-8,11-12H2,1-4H3. The van der Waals surface area contributed by atoms with E-state index in [0.29, 0.717) is 5.75 Å². The van der Waals surface area contributed by atoms with Crippen LogP contribution in [0.25, 0.3) is 11.1 Å². The summed E-state index contributed by atoms with van der Waals surface area (Å²) in [6, 6.07) is 8.63. The van der Waals surface area contributed by atoms with Crippen molar-refractivity contribution in [2.45, 2.75) is 59.0 Å². The van der Waals surface area contributed by atoms with Crippen LogP contribution in [0.2, 0.25) is 0 Å². The van der Waals surface area contributed by atoms with Crippen LogP contribution in [0.1, 0.15) is 56.7 Å². The Labute approximate surface area is 156 Å². The molecule has 2 aromatic carbocycles. The van der Waals surface area contributed by atoms with Crippen LogP contribution < -0.4 is 9.64 Å². The predicted octanol–water partition coefficient (Wildman–Crippen LogP) is 5.55. The van der Waals surface area contributed by atoms with E-state index in [1.165, 1.54) is 24.0 Å². The summed E-state index contributed by atoms with van der Waals surface area (Å²) >= 11 is 0. The second-order valence-electron chi connectivity index (χ2n) is 8.21. The SMILES string of the molecule is CCCCCc1cc2c(c(O)c1N1CC1)-c1cc(C)ccc1C(C)(C)O2. The first-order valence-electron chi connectivity index (χ1n) is 9.86. The van der Waals surface area contributed by atoms with Crippen molar-refractivity contribution < 1.29 is 9.84 Å². The number of unbranched alkanes of at least 4 members (excludes halogenated alkanes) is 2. The van der Waals surface area contributed by atoms with Gasteiger partial charge in [0.2, 0.25) is 0 Å². The molecular weight excluding hydrogens is 322 g/mol. The van der Waals surface area contributed by atoms with Crippen LogP contribution in [0.3, 0.4) is 0 Å². The number of hydrogen-bond acceptors (Lipinski definition) is 3. The summed E-state index contributed by atoms with van der Waals surface area (Å²) < 4.78 is 6.39. The number of fused-ring (bicyclic) bond motifs is 3. The van der Waals surface area contributed by atoms with Crippen molar-refractivity contribution in [1.29, 1.82) is 0 Å². The van der Waals surface area contributed by atoms with E-state index in [9.17, 15) is 5.11 Å². The summed E-state index contributed by atoms with van der Waals surface area (Å²) in [6.45, 7) is 10.6. The molecule has 1 saturated heterocycles. The molecule has 3 heteroatoms. The molecule has 0 radical (unpaired) electrons. The lowest BCUT2D eigenvalue weighted by Gasteiger charge is -2.36. The summed E-state index contributed by atoms with van der Waals surface area (Å²) in [4.78, 5) is 2.27. The summed E-state index contributed by atoms with van der Waals surface area (Å²) in [7, 11) is 0. The quantitative estimate of drug-likeness (QED) is 0.566. The zero-order chi connectivity index (χ0) is 18.5. The predicted molar refractivity (Wildman–Crippen MR) is 107 cm³/mol. The minimum Gasteiger partial charge on any atom is -0.505 e. The molecule has 138 valence electrons. The average molecular weight is 351 g/mol. The molecule has 0 bridgehead atoms. The number of aromatic hydroxyl groups is 1. The first-order chi connectivity index (χ1) is 12.4. The van der Waals surface area contributed by atoms with Crippen molar-refractivity contribution >= 4 is 5.69 Å². The monoisotopic (exact) mass is 351 g/mol. The van der Waals surface area contributed by atoms with E-state index >= 15 is 0 Å². The van der Waals surface area contributed by atoms with Gasteiger partial charge in [0.25, 0.3) is 0 Å². The normalized spacial score (nSPS) is 16.7. The molecule has 4 rings (SSSR count). The van der Waals surface area contributed by atoms with Crippen LogP contribution >= 0.6 is 0 Å². The second kappa shape index (κ2) is 6.22. The van der Waals surface area contributed by atoms with Gasteiger partial charge in [-0.25, -0.2) is 0 Å². The fraction of sp³-hybridized carbons (Fsp3) is 0.478. The van der Waals surface area contributed by atoms with Gasteiger partial charge in [-0.3, -0.25) is 0 Å². The summed E-state index contributed by atoms with van der Waals surface area (Å²) in [5.41, 5.74) is 6.16. The maximum atomic E-state index is 11.3. The van der Waals surface area contributed by atoms with Crippen LogP contribution in [-0.4, -0.2) is 18.2 Å². The minimum absolute atomic E-state index is 0.397. The molecule has 2 aliphatic rings. The van der Waals surface area contributed by atoms with Gasteiger partial charge in [0, 0.05) is 18.7 Å². The number of ether oxygens (including phenoxy) is 1. The second-order valence-corrected chi connectivity index (χ2v) is 8.21. The average Bonchev–Trinajstić information content (AvgIpc) is 3.38. The molecule has 2 aliphatic heterocycles. The van der Waals surface area contributed by atoms with Crippen molar-refractivity contribution in [3.8, 4) is 22.6 Å². The number of nitrogens with zero attached hydrogens (tertiary/aromatic N) is 1. The maximum absolute atomic E-state index is 11.3. The Bertz CT molecular complexity index is 850. The molecule has 0 unspecified atom stereocenters. The Hall–Kier alpha value is -2.16. The lowest BCUT2D eigenvalue weighted by molar-refractivity contribution is 0.105. The number of aryl methyl sites for hydroxylation is 2. The number of rotatable bonds is 5. The van der Waals surface area contributed by atoms with Crippen LogP contribution in [0.4, 0.5) is 5.69 Å². The number of phenolic OH excluding ortho intramolecular Hbond substituents is 1. The van der Waals surface area contributed by atoms with E-state index in [4.69, 9.17) is 4.74 Å². The van der Waals surface area contributed by atoms with Crippen molar-refractivity contribution in [2.75, 3.05) is 18.0 Å². The number of phenols is 1. The number of hydrogen-bond donors (Lipinski definition) is 1. The summed E-state index contributed by atoms with van der Waals surface area (Å²) in [5, 5.41) is 11.3. The smallest absolute Gasteiger partial charge is 0.150 e. The van der Waals surface area contributed by atoms with E-state index < -0.39 is 5.60 Å². The Morgan fingerprint density at radius 3 is 2.62 bits per heavy atom. The molecule has 0 aromatic heterocycles. The molecule has 2 heterocycles. The summed E-state index contributed by atoms with van der Waals surface area (Å²) in [5.74, 6) is 1.22. The van der Waals surface area contributed by atoms with Crippen LogP contribution in [-0.2, 0) is 12.0 Å². The third-order valence-electron chi connectivity index (χ3n) is 5.59.